The van der Waals surface area contributed by atoms with Gasteiger partial charge in [-0.3, -0.25) is 0 Å². The molecule has 1 rings (SSSR count). The number of esters is 1. The van der Waals surface area contributed by atoms with Crippen molar-refractivity contribution in [2.24, 2.45) is 0 Å². The quantitative estimate of drug-likeness (QED) is 0.590. The highest BCUT2D eigenvalue weighted by Crippen LogP contribution is 2.15. The molecule has 0 aliphatic rings. The third-order valence-electron chi connectivity index (χ3n) is 2.25. The minimum Gasteiger partial charge on any atom is -0.482 e. The number of nitrogens with one attached hydrogen (secondary N) is 1. The summed E-state index contributed by atoms with van der Waals surface area (Å²) in [6, 6.07) is 6.85. The Morgan fingerprint density at radius 2 is 1.94 bits per heavy atom. The molecule has 0 saturated carbocycles. The Morgan fingerprint density at radius 3 is 2.56 bits per heavy atom. The summed E-state index contributed by atoms with van der Waals surface area (Å²) in [6.45, 7) is 1.34. The van der Waals surface area contributed by atoms with E-state index < -0.39 is 0 Å². The number of hydrogen-bond donors (Lipinski definition) is 1. The summed E-state index contributed by atoms with van der Waals surface area (Å²) in [5, 5.41) is 0.635. The van der Waals surface area contributed by atoms with E-state index in [4.69, 9.17) is 21.1 Å². The summed E-state index contributed by atoms with van der Waals surface area (Å²) in [6.07, 6.45) is 0.856. The van der Waals surface area contributed by atoms with Gasteiger partial charge in [0.25, 0.3) is 0 Å². The first kappa shape index (κ1) is 14.8. The van der Waals surface area contributed by atoms with Gasteiger partial charge in [0.2, 0.25) is 0 Å². The van der Waals surface area contributed by atoms with Crippen molar-refractivity contribution in [3.63, 3.8) is 0 Å². The fraction of sp³-hybridized carbons (Fsp3) is 0.462. The van der Waals surface area contributed by atoms with Crippen LogP contribution in [0.15, 0.2) is 24.3 Å². The SMILES string of the molecule is C[NH+](C)CCCOC(=O)COc1ccc(Cl)cc1. The van der Waals surface area contributed by atoms with Crippen molar-refractivity contribution in [3.8, 4) is 5.75 Å². The Labute approximate surface area is 112 Å². The Balaban J connectivity index is 2.15. The van der Waals surface area contributed by atoms with Gasteiger partial charge < -0.3 is 14.4 Å². The van der Waals surface area contributed by atoms with Crippen LogP contribution in [0.25, 0.3) is 0 Å². The molecule has 0 saturated heterocycles. The molecule has 0 aliphatic carbocycles. The van der Waals surface area contributed by atoms with Crippen molar-refractivity contribution >= 4 is 17.6 Å². The van der Waals surface area contributed by atoms with Crippen molar-refractivity contribution in [2.75, 3.05) is 33.9 Å². The van der Waals surface area contributed by atoms with Gasteiger partial charge in [-0.2, -0.15) is 0 Å². The van der Waals surface area contributed by atoms with Gasteiger partial charge in [-0.15, -0.1) is 0 Å². The number of benzene rings is 1. The lowest BCUT2D eigenvalue weighted by molar-refractivity contribution is -0.858. The molecule has 5 heteroatoms. The smallest absolute Gasteiger partial charge is 0.344 e. The Morgan fingerprint density at radius 1 is 1.28 bits per heavy atom. The lowest BCUT2D eigenvalue weighted by Gasteiger charge is -2.08. The van der Waals surface area contributed by atoms with Crippen LogP contribution >= 0.6 is 11.6 Å². The number of ether oxygens (including phenoxy) is 2. The minimum atomic E-state index is -0.348. The van der Waals surface area contributed by atoms with Crippen molar-refractivity contribution in [2.45, 2.75) is 6.42 Å². The zero-order chi connectivity index (χ0) is 13.4. The van der Waals surface area contributed by atoms with Gasteiger partial charge in [0.15, 0.2) is 6.61 Å². The lowest BCUT2D eigenvalue weighted by Crippen LogP contribution is -3.05. The van der Waals surface area contributed by atoms with E-state index in [1.165, 1.54) is 4.90 Å². The molecule has 1 aromatic rings. The van der Waals surface area contributed by atoms with Crippen LogP contribution in [-0.2, 0) is 9.53 Å². The molecule has 18 heavy (non-hydrogen) atoms. The summed E-state index contributed by atoms with van der Waals surface area (Å²) in [7, 11) is 4.12. The molecule has 0 spiro atoms. The van der Waals surface area contributed by atoms with Gasteiger partial charge in [-0.05, 0) is 24.3 Å². The maximum Gasteiger partial charge on any atom is 0.344 e. The van der Waals surface area contributed by atoms with Crippen LogP contribution in [0.2, 0.25) is 5.02 Å². The second-order valence-electron chi connectivity index (χ2n) is 4.27. The van der Waals surface area contributed by atoms with Gasteiger partial charge in [0, 0.05) is 11.4 Å². The molecule has 0 fully saturated rings. The lowest BCUT2D eigenvalue weighted by atomic mass is 10.3. The van der Waals surface area contributed by atoms with E-state index in [0.29, 0.717) is 17.4 Å². The molecule has 0 radical (unpaired) electrons. The van der Waals surface area contributed by atoms with Crippen LogP contribution in [0.1, 0.15) is 6.42 Å². The third-order valence-corrected chi connectivity index (χ3v) is 2.51. The van der Waals surface area contributed by atoms with Crippen LogP contribution in [0, 0.1) is 0 Å². The summed E-state index contributed by atoms with van der Waals surface area (Å²) < 4.78 is 10.3. The second kappa shape index (κ2) is 7.95. The molecule has 0 bridgehead atoms. The Kier molecular flexibility index (Phi) is 6.54. The van der Waals surface area contributed by atoms with Crippen molar-refractivity contribution in [1.29, 1.82) is 0 Å². The maximum atomic E-state index is 11.3. The molecule has 0 heterocycles. The monoisotopic (exact) mass is 272 g/mol. The van der Waals surface area contributed by atoms with E-state index >= 15 is 0 Å². The molecular weight excluding hydrogens is 254 g/mol. The molecule has 1 N–H and O–H groups in total. The van der Waals surface area contributed by atoms with Gasteiger partial charge in [0.1, 0.15) is 5.75 Å². The first-order chi connectivity index (χ1) is 8.58. The predicted octanol–water partition coefficient (Wildman–Crippen LogP) is 0.797. The van der Waals surface area contributed by atoms with Gasteiger partial charge in [0.05, 0.1) is 27.2 Å². The zero-order valence-corrected chi connectivity index (χ0v) is 11.5. The van der Waals surface area contributed by atoms with Crippen LogP contribution in [-0.4, -0.2) is 39.8 Å². The fourth-order valence-electron chi connectivity index (χ4n) is 1.33. The highest BCUT2D eigenvalue weighted by molar-refractivity contribution is 6.30. The summed E-state index contributed by atoms with van der Waals surface area (Å²) >= 11 is 5.74. The largest absolute Gasteiger partial charge is 0.482 e. The third kappa shape index (κ3) is 6.47. The maximum absolute atomic E-state index is 11.3. The Hall–Kier alpha value is -1.26. The normalized spacial score (nSPS) is 10.4. The topological polar surface area (TPSA) is 40.0 Å². The van der Waals surface area contributed by atoms with Crippen molar-refractivity contribution < 1.29 is 19.2 Å². The second-order valence-corrected chi connectivity index (χ2v) is 4.71. The summed E-state index contributed by atoms with van der Waals surface area (Å²) in [5.74, 6) is 0.257. The van der Waals surface area contributed by atoms with Gasteiger partial charge in [-0.1, -0.05) is 11.6 Å². The van der Waals surface area contributed by atoms with E-state index in [-0.39, 0.29) is 12.6 Å². The molecule has 0 aliphatic heterocycles. The number of hydrogen-bond acceptors (Lipinski definition) is 3. The van der Waals surface area contributed by atoms with E-state index in [0.717, 1.165) is 13.0 Å². The molecule has 0 aromatic heterocycles. The Bertz CT molecular complexity index is 365. The van der Waals surface area contributed by atoms with E-state index in [1.807, 2.05) is 0 Å². The molecule has 0 amide bonds. The first-order valence-corrected chi connectivity index (χ1v) is 6.29. The fourth-order valence-corrected chi connectivity index (χ4v) is 1.45. The van der Waals surface area contributed by atoms with Crippen LogP contribution in [0.5, 0.6) is 5.75 Å². The molecule has 100 valence electrons. The highest BCUT2D eigenvalue weighted by Gasteiger charge is 2.04. The van der Waals surface area contributed by atoms with Crippen LogP contribution < -0.4 is 9.64 Å². The number of halogens is 1. The number of quaternary nitrogens is 1. The van der Waals surface area contributed by atoms with Gasteiger partial charge >= 0.3 is 5.97 Å². The van der Waals surface area contributed by atoms with Crippen molar-refractivity contribution in [3.05, 3.63) is 29.3 Å². The number of carbonyl (C=O) groups excluding carboxylic acids is 1. The zero-order valence-electron chi connectivity index (χ0n) is 10.7. The van der Waals surface area contributed by atoms with Crippen molar-refractivity contribution in [1.82, 2.24) is 0 Å². The molecule has 1 aromatic carbocycles. The number of carbonyl (C=O) groups is 1. The standard InChI is InChI=1S/C13H18ClNO3/c1-15(2)8-3-9-17-13(16)10-18-12-6-4-11(14)5-7-12/h4-7H,3,8-10H2,1-2H3/p+1. The van der Waals surface area contributed by atoms with Gasteiger partial charge in [-0.25, -0.2) is 4.79 Å². The average molecular weight is 273 g/mol. The first-order valence-electron chi connectivity index (χ1n) is 5.91. The molecule has 4 nitrogen and oxygen atoms in total. The van der Waals surface area contributed by atoms with E-state index in [1.54, 1.807) is 24.3 Å². The molecule has 0 atom stereocenters. The molecular formula is C13H19ClNO3+. The average Bonchev–Trinajstić information content (AvgIpc) is 2.34. The highest BCUT2D eigenvalue weighted by atomic mass is 35.5. The predicted molar refractivity (Wildman–Crippen MR) is 70.2 cm³/mol. The van der Waals surface area contributed by atoms with Crippen LogP contribution in [0.4, 0.5) is 0 Å². The summed E-state index contributed by atoms with van der Waals surface area (Å²) in [5.41, 5.74) is 0. The number of rotatable bonds is 7. The van der Waals surface area contributed by atoms with Crippen LogP contribution in [0.3, 0.4) is 0 Å². The van der Waals surface area contributed by atoms with E-state index in [2.05, 4.69) is 14.1 Å². The van der Waals surface area contributed by atoms with E-state index in [9.17, 15) is 4.79 Å². The molecule has 0 unspecified atom stereocenters. The minimum absolute atomic E-state index is 0.0730. The summed E-state index contributed by atoms with van der Waals surface area (Å²) in [4.78, 5) is 12.7.